The number of unbranched alkanes of at least 4 members (excludes halogenated alkanes) is 1. The SMILES string of the molecule is O=C([O-])CCCCC(=O)OO. The molecule has 64 valence electrons. The van der Waals surface area contributed by atoms with Crippen molar-refractivity contribution in [1.29, 1.82) is 0 Å². The van der Waals surface area contributed by atoms with Gasteiger partial charge in [0, 0.05) is 12.4 Å². The Labute approximate surface area is 63.5 Å². The number of hydrogen-bond acceptors (Lipinski definition) is 5. The Bertz CT molecular complexity index is 142. The molecule has 0 atom stereocenters. The number of carbonyl (C=O) groups is 2. The zero-order chi connectivity index (χ0) is 8.69. The summed E-state index contributed by atoms with van der Waals surface area (Å²) in [5, 5.41) is 17.6. The molecule has 0 aromatic carbocycles. The van der Waals surface area contributed by atoms with Crippen LogP contribution in [0.25, 0.3) is 0 Å². The molecule has 0 spiro atoms. The molecule has 0 aromatic rings. The van der Waals surface area contributed by atoms with Crippen LogP contribution in [-0.4, -0.2) is 17.2 Å². The van der Waals surface area contributed by atoms with Crippen LogP contribution in [0.15, 0.2) is 0 Å². The van der Waals surface area contributed by atoms with E-state index in [9.17, 15) is 14.7 Å². The second kappa shape index (κ2) is 5.67. The molecule has 0 aliphatic rings. The van der Waals surface area contributed by atoms with Gasteiger partial charge in [-0.2, -0.15) is 5.26 Å². The number of carboxylic acid groups (broad SMARTS) is 1. The van der Waals surface area contributed by atoms with Crippen LogP contribution in [0, 0.1) is 0 Å². The molecular weight excluding hydrogens is 152 g/mol. The molecule has 0 saturated carbocycles. The lowest BCUT2D eigenvalue weighted by molar-refractivity contribution is -0.305. The maximum Gasteiger partial charge on any atom is 0.342 e. The van der Waals surface area contributed by atoms with Crippen molar-refractivity contribution in [3.63, 3.8) is 0 Å². The van der Waals surface area contributed by atoms with Crippen LogP contribution < -0.4 is 5.11 Å². The van der Waals surface area contributed by atoms with Gasteiger partial charge in [-0.05, 0) is 19.3 Å². The van der Waals surface area contributed by atoms with Gasteiger partial charge in [0.25, 0.3) is 0 Å². The Morgan fingerprint density at radius 2 is 1.82 bits per heavy atom. The van der Waals surface area contributed by atoms with Crippen molar-refractivity contribution in [2.24, 2.45) is 0 Å². The third kappa shape index (κ3) is 6.79. The van der Waals surface area contributed by atoms with Gasteiger partial charge in [0.15, 0.2) is 0 Å². The first-order chi connectivity index (χ1) is 5.16. The molecule has 0 unspecified atom stereocenters. The van der Waals surface area contributed by atoms with E-state index >= 15 is 0 Å². The first-order valence-corrected chi connectivity index (χ1v) is 3.21. The summed E-state index contributed by atoms with van der Waals surface area (Å²) in [6, 6.07) is 0. The average Bonchev–Trinajstić information content (AvgIpc) is 1.97. The highest BCUT2D eigenvalue weighted by Gasteiger charge is 2.00. The molecule has 5 heteroatoms. The van der Waals surface area contributed by atoms with Gasteiger partial charge in [-0.25, -0.2) is 4.79 Å². The predicted octanol–water partition coefficient (Wildman–Crippen LogP) is -0.687. The van der Waals surface area contributed by atoms with Crippen LogP contribution in [0.3, 0.4) is 0 Å². The Morgan fingerprint density at radius 3 is 2.27 bits per heavy atom. The smallest absolute Gasteiger partial charge is 0.342 e. The zero-order valence-electron chi connectivity index (χ0n) is 5.91. The minimum Gasteiger partial charge on any atom is -0.550 e. The fraction of sp³-hybridized carbons (Fsp3) is 0.667. The van der Waals surface area contributed by atoms with E-state index in [1.807, 2.05) is 0 Å². The van der Waals surface area contributed by atoms with Gasteiger partial charge in [-0.1, -0.05) is 0 Å². The normalized spacial score (nSPS) is 9.18. The molecule has 0 radical (unpaired) electrons. The summed E-state index contributed by atoms with van der Waals surface area (Å²) >= 11 is 0. The lowest BCUT2D eigenvalue weighted by Gasteiger charge is -1.99. The number of aliphatic carboxylic acids is 1. The van der Waals surface area contributed by atoms with Crippen molar-refractivity contribution >= 4 is 11.9 Å². The number of hydrogen-bond donors (Lipinski definition) is 1. The van der Waals surface area contributed by atoms with Crippen molar-refractivity contribution in [3.05, 3.63) is 0 Å². The summed E-state index contributed by atoms with van der Waals surface area (Å²) in [7, 11) is 0. The van der Waals surface area contributed by atoms with Gasteiger partial charge >= 0.3 is 5.97 Å². The van der Waals surface area contributed by atoms with Gasteiger partial charge in [0.1, 0.15) is 0 Å². The van der Waals surface area contributed by atoms with Crippen LogP contribution in [0.4, 0.5) is 0 Å². The topological polar surface area (TPSA) is 86.7 Å². The minimum atomic E-state index is -1.14. The first kappa shape index (κ1) is 9.90. The van der Waals surface area contributed by atoms with Crippen LogP contribution in [0.1, 0.15) is 25.7 Å². The second-order valence-electron chi connectivity index (χ2n) is 2.04. The molecule has 1 N–H and O–H groups in total. The summed E-state index contributed by atoms with van der Waals surface area (Å²) in [6.07, 6.45) is 0.702. The van der Waals surface area contributed by atoms with Crippen LogP contribution >= 0.6 is 0 Å². The highest BCUT2D eigenvalue weighted by atomic mass is 17.1. The second-order valence-corrected chi connectivity index (χ2v) is 2.04. The minimum absolute atomic E-state index is 0.0315. The first-order valence-electron chi connectivity index (χ1n) is 3.21. The molecule has 11 heavy (non-hydrogen) atoms. The van der Waals surface area contributed by atoms with Gasteiger partial charge in [-0.15, -0.1) is 0 Å². The highest BCUT2D eigenvalue weighted by Crippen LogP contribution is 1.99. The standard InChI is InChI=1S/C6H10O5/c7-5(8)3-1-2-4-6(9)11-10/h10H,1-4H2,(H,7,8)/p-1. The molecule has 0 heterocycles. The quantitative estimate of drug-likeness (QED) is 0.327. The van der Waals surface area contributed by atoms with E-state index in [2.05, 4.69) is 4.89 Å². The fourth-order valence-corrected chi connectivity index (χ4v) is 0.584. The summed E-state index contributed by atoms with van der Waals surface area (Å²) in [6.45, 7) is 0. The van der Waals surface area contributed by atoms with Crippen molar-refractivity contribution in [2.75, 3.05) is 0 Å². The van der Waals surface area contributed by atoms with Crippen molar-refractivity contribution in [3.8, 4) is 0 Å². The Kier molecular flexibility index (Phi) is 5.10. The van der Waals surface area contributed by atoms with Crippen LogP contribution in [0.5, 0.6) is 0 Å². The largest absolute Gasteiger partial charge is 0.550 e. The molecule has 0 bridgehead atoms. The monoisotopic (exact) mass is 161 g/mol. The molecular formula is C6H9O5-. The maximum atomic E-state index is 10.2. The van der Waals surface area contributed by atoms with E-state index in [1.165, 1.54) is 0 Å². The van der Waals surface area contributed by atoms with Gasteiger partial charge < -0.3 is 14.8 Å². The molecule has 0 fully saturated rings. The Hall–Kier alpha value is -1.10. The summed E-state index contributed by atoms with van der Waals surface area (Å²) in [5.41, 5.74) is 0. The molecule has 0 aliphatic heterocycles. The molecule has 0 amide bonds. The summed E-state index contributed by atoms with van der Waals surface area (Å²) in [5.74, 6) is -1.88. The van der Waals surface area contributed by atoms with Gasteiger partial charge in [0.05, 0.1) is 0 Å². The van der Waals surface area contributed by atoms with Crippen LogP contribution in [-0.2, 0) is 14.5 Å². The van der Waals surface area contributed by atoms with Crippen molar-refractivity contribution < 1.29 is 24.8 Å². The maximum absolute atomic E-state index is 10.2. The van der Waals surface area contributed by atoms with Gasteiger partial charge in [0.2, 0.25) is 0 Å². The lowest BCUT2D eigenvalue weighted by atomic mass is 10.2. The summed E-state index contributed by atoms with van der Waals surface area (Å²) < 4.78 is 0. The zero-order valence-corrected chi connectivity index (χ0v) is 5.91. The van der Waals surface area contributed by atoms with E-state index in [0.717, 1.165) is 0 Å². The van der Waals surface area contributed by atoms with Crippen molar-refractivity contribution in [2.45, 2.75) is 25.7 Å². The van der Waals surface area contributed by atoms with Crippen LogP contribution in [0.2, 0.25) is 0 Å². The molecule has 0 saturated heterocycles. The third-order valence-corrected chi connectivity index (χ3v) is 1.11. The number of carboxylic acids is 1. The fourth-order valence-electron chi connectivity index (χ4n) is 0.584. The van der Waals surface area contributed by atoms with E-state index in [-0.39, 0.29) is 12.8 Å². The number of rotatable bonds is 5. The molecule has 0 aromatic heterocycles. The van der Waals surface area contributed by atoms with Crippen molar-refractivity contribution in [1.82, 2.24) is 0 Å². The lowest BCUT2D eigenvalue weighted by Crippen LogP contribution is -2.21. The predicted molar refractivity (Wildman–Crippen MR) is 32.2 cm³/mol. The average molecular weight is 161 g/mol. The van der Waals surface area contributed by atoms with E-state index in [0.29, 0.717) is 12.8 Å². The van der Waals surface area contributed by atoms with Gasteiger partial charge in [-0.3, -0.25) is 0 Å². The van der Waals surface area contributed by atoms with E-state index in [4.69, 9.17) is 5.26 Å². The Morgan fingerprint density at radius 1 is 1.27 bits per heavy atom. The molecule has 0 aliphatic carbocycles. The Balaban J connectivity index is 3.14. The highest BCUT2D eigenvalue weighted by molar-refractivity contribution is 5.68. The third-order valence-electron chi connectivity index (χ3n) is 1.11. The summed E-state index contributed by atoms with van der Waals surface area (Å²) in [4.78, 5) is 23.4. The molecule has 5 nitrogen and oxygen atoms in total. The molecule has 0 rings (SSSR count). The van der Waals surface area contributed by atoms with E-state index < -0.39 is 11.9 Å². The number of carbonyl (C=O) groups excluding carboxylic acids is 2. The van der Waals surface area contributed by atoms with E-state index in [1.54, 1.807) is 0 Å².